The van der Waals surface area contributed by atoms with Crippen LogP contribution in [0.4, 0.5) is 0 Å². The first-order chi connectivity index (χ1) is 13.8. The largest absolute Gasteiger partial charge is 0.360 e. The molecular weight excluding hydrogens is 346 g/mol. The van der Waals surface area contributed by atoms with E-state index in [0.29, 0.717) is 6.61 Å². The van der Waals surface area contributed by atoms with E-state index >= 15 is 0 Å². The Kier molecular flexibility index (Phi) is 4.25. The minimum absolute atomic E-state index is 0.0940. The van der Waals surface area contributed by atoms with Crippen LogP contribution in [-0.2, 0) is 28.1 Å². The van der Waals surface area contributed by atoms with Crippen molar-refractivity contribution in [2.75, 3.05) is 6.54 Å². The van der Waals surface area contributed by atoms with Crippen molar-refractivity contribution in [1.29, 1.82) is 0 Å². The molecule has 140 valence electrons. The Morgan fingerprint density at radius 1 is 0.893 bits per heavy atom. The maximum atomic E-state index is 13.2. The maximum absolute atomic E-state index is 13.2. The first-order valence-electron chi connectivity index (χ1n) is 9.93. The van der Waals surface area contributed by atoms with Gasteiger partial charge in [-0.25, -0.2) is 0 Å². The van der Waals surface area contributed by atoms with Crippen molar-refractivity contribution in [1.82, 2.24) is 4.90 Å². The van der Waals surface area contributed by atoms with Gasteiger partial charge in [0.1, 0.15) is 5.54 Å². The predicted molar refractivity (Wildman–Crippen MR) is 109 cm³/mol. The van der Waals surface area contributed by atoms with Gasteiger partial charge in [-0.3, -0.25) is 4.79 Å². The number of carbonyl (C=O) groups excluding carboxylic acids is 1. The molecule has 0 bridgehead atoms. The van der Waals surface area contributed by atoms with Gasteiger partial charge in [-0.2, -0.15) is 0 Å². The number of β-lactam (4-membered cyclic amide) rings is 1. The topological polar surface area (TPSA) is 29.5 Å². The molecule has 0 saturated carbocycles. The zero-order valence-electron chi connectivity index (χ0n) is 15.8. The standard InChI is InChI=1S/C25H23NO2/c27-24-23(28-18-19-10-3-1-4-11-19)25(21-14-5-2-6-15-21)22-16-8-7-12-20(22)13-9-17-26(24)25/h1-8,10-12,14-16,23H,9,13,17-18H2/t23-,25-/m1/s1. The van der Waals surface area contributed by atoms with Crippen molar-refractivity contribution < 1.29 is 9.53 Å². The van der Waals surface area contributed by atoms with Gasteiger partial charge in [0, 0.05) is 6.54 Å². The number of ether oxygens (including phenoxy) is 1. The molecule has 0 aromatic heterocycles. The zero-order chi connectivity index (χ0) is 19.0. The fraction of sp³-hybridized carbons (Fsp3) is 0.240. The number of fused-ring (bicyclic) bond motifs is 3. The van der Waals surface area contributed by atoms with E-state index in [4.69, 9.17) is 4.74 Å². The van der Waals surface area contributed by atoms with Crippen LogP contribution < -0.4 is 0 Å². The Hall–Kier alpha value is -2.91. The first kappa shape index (κ1) is 17.2. The van der Waals surface area contributed by atoms with Gasteiger partial charge in [-0.1, -0.05) is 84.9 Å². The van der Waals surface area contributed by atoms with Gasteiger partial charge in [0.2, 0.25) is 0 Å². The molecule has 1 saturated heterocycles. The molecule has 3 aromatic rings. The van der Waals surface area contributed by atoms with Crippen LogP contribution in [0.25, 0.3) is 0 Å². The highest BCUT2D eigenvalue weighted by Crippen LogP contribution is 2.51. The van der Waals surface area contributed by atoms with Crippen molar-refractivity contribution in [2.24, 2.45) is 0 Å². The molecule has 2 aliphatic rings. The van der Waals surface area contributed by atoms with Crippen LogP contribution in [-0.4, -0.2) is 23.5 Å². The second kappa shape index (κ2) is 6.92. The molecule has 3 heteroatoms. The van der Waals surface area contributed by atoms with E-state index in [1.54, 1.807) is 0 Å². The number of hydrogen-bond donors (Lipinski definition) is 0. The summed E-state index contributed by atoms with van der Waals surface area (Å²) in [4.78, 5) is 15.2. The molecule has 28 heavy (non-hydrogen) atoms. The lowest BCUT2D eigenvalue weighted by molar-refractivity contribution is -0.191. The molecule has 0 N–H and O–H groups in total. The molecule has 3 aromatic carbocycles. The summed E-state index contributed by atoms with van der Waals surface area (Å²) >= 11 is 0. The lowest BCUT2D eigenvalue weighted by atomic mass is 9.69. The number of hydrogen-bond acceptors (Lipinski definition) is 2. The summed E-state index contributed by atoms with van der Waals surface area (Å²) in [5.74, 6) is 0.0940. The normalized spacial score (nSPS) is 23.4. The first-order valence-corrected chi connectivity index (χ1v) is 9.93. The third-order valence-corrected chi connectivity index (χ3v) is 6.02. The van der Waals surface area contributed by atoms with Crippen LogP contribution in [0.3, 0.4) is 0 Å². The molecular formula is C25H23NO2. The van der Waals surface area contributed by atoms with Crippen molar-refractivity contribution in [3.8, 4) is 0 Å². The monoisotopic (exact) mass is 369 g/mol. The number of benzene rings is 3. The summed E-state index contributed by atoms with van der Waals surface area (Å²) < 4.78 is 6.32. The highest BCUT2D eigenvalue weighted by Gasteiger charge is 2.63. The van der Waals surface area contributed by atoms with Crippen molar-refractivity contribution in [2.45, 2.75) is 31.1 Å². The molecule has 2 atom stereocenters. The molecule has 0 aliphatic carbocycles. The Bertz CT molecular complexity index is 986. The quantitative estimate of drug-likeness (QED) is 0.642. The fourth-order valence-electron chi connectivity index (χ4n) is 4.78. The van der Waals surface area contributed by atoms with E-state index in [1.807, 2.05) is 53.4 Å². The van der Waals surface area contributed by atoms with E-state index < -0.39 is 11.6 Å². The SMILES string of the molecule is O=C1[C@@H](OCc2ccccc2)[C@@]2(c3ccccc3)c3ccccc3CCCN12. The van der Waals surface area contributed by atoms with E-state index in [9.17, 15) is 4.79 Å². The predicted octanol–water partition coefficient (Wildman–Crippen LogP) is 4.30. The number of amides is 1. The van der Waals surface area contributed by atoms with E-state index in [1.165, 1.54) is 11.1 Å². The van der Waals surface area contributed by atoms with Crippen LogP contribution in [0.2, 0.25) is 0 Å². The van der Waals surface area contributed by atoms with Crippen molar-refractivity contribution >= 4 is 5.91 Å². The number of rotatable bonds is 4. The van der Waals surface area contributed by atoms with Gasteiger partial charge in [0.05, 0.1) is 6.61 Å². The van der Waals surface area contributed by atoms with E-state index in [0.717, 1.165) is 30.5 Å². The fourth-order valence-corrected chi connectivity index (χ4v) is 4.78. The molecule has 0 radical (unpaired) electrons. The zero-order valence-corrected chi connectivity index (χ0v) is 15.8. The third kappa shape index (κ3) is 2.50. The molecule has 1 fully saturated rings. The molecule has 2 aliphatic heterocycles. The number of aryl methyl sites for hydroxylation is 1. The second-order valence-corrected chi connectivity index (χ2v) is 7.56. The summed E-state index contributed by atoms with van der Waals surface area (Å²) in [6, 6.07) is 29.0. The summed E-state index contributed by atoms with van der Waals surface area (Å²) in [6.07, 6.45) is 1.46. The minimum Gasteiger partial charge on any atom is -0.360 e. The van der Waals surface area contributed by atoms with Gasteiger partial charge in [-0.15, -0.1) is 0 Å². The minimum atomic E-state index is -0.541. The summed E-state index contributed by atoms with van der Waals surface area (Å²) in [5.41, 5.74) is 4.19. The summed E-state index contributed by atoms with van der Waals surface area (Å²) in [6.45, 7) is 1.19. The average Bonchev–Trinajstić information content (AvgIpc) is 2.90. The highest BCUT2D eigenvalue weighted by atomic mass is 16.5. The van der Waals surface area contributed by atoms with Crippen LogP contribution >= 0.6 is 0 Å². The molecule has 5 rings (SSSR count). The molecule has 3 nitrogen and oxygen atoms in total. The molecule has 0 unspecified atom stereocenters. The van der Waals surface area contributed by atoms with Gasteiger partial charge in [-0.05, 0) is 35.1 Å². The Morgan fingerprint density at radius 3 is 2.36 bits per heavy atom. The second-order valence-electron chi connectivity index (χ2n) is 7.56. The van der Waals surface area contributed by atoms with Gasteiger partial charge in [0.15, 0.2) is 6.10 Å². The van der Waals surface area contributed by atoms with Crippen LogP contribution in [0.5, 0.6) is 0 Å². The van der Waals surface area contributed by atoms with E-state index in [2.05, 4.69) is 36.4 Å². The van der Waals surface area contributed by atoms with Gasteiger partial charge < -0.3 is 9.64 Å². The van der Waals surface area contributed by atoms with Gasteiger partial charge >= 0.3 is 0 Å². The Balaban J connectivity index is 1.62. The summed E-state index contributed by atoms with van der Waals surface area (Å²) in [7, 11) is 0. The number of nitrogens with zero attached hydrogens (tertiary/aromatic N) is 1. The van der Waals surface area contributed by atoms with Crippen LogP contribution in [0.1, 0.15) is 28.7 Å². The smallest absolute Gasteiger partial charge is 0.256 e. The van der Waals surface area contributed by atoms with Crippen molar-refractivity contribution in [3.05, 3.63) is 107 Å². The van der Waals surface area contributed by atoms with Crippen LogP contribution in [0, 0.1) is 0 Å². The van der Waals surface area contributed by atoms with Crippen LogP contribution in [0.15, 0.2) is 84.9 Å². The average molecular weight is 369 g/mol. The molecule has 1 amide bonds. The lowest BCUT2D eigenvalue weighted by Crippen LogP contribution is -2.73. The molecule has 0 spiro atoms. The van der Waals surface area contributed by atoms with Crippen molar-refractivity contribution in [3.63, 3.8) is 0 Å². The number of carbonyl (C=O) groups is 1. The van der Waals surface area contributed by atoms with E-state index in [-0.39, 0.29) is 5.91 Å². The lowest BCUT2D eigenvalue weighted by Gasteiger charge is -2.57. The van der Waals surface area contributed by atoms with Gasteiger partial charge in [0.25, 0.3) is 5.91 Å². The summed E-state index contributed by atoms with van der Waals surface area (Å²) in [5, 5.41) is 0. The molecule has 2 heterocycles. The Labute approximate surface area is 165 Å². The highest BCUT2D eigenvalue weighted by molar-refractivity contribution is 5.93. The Morgan fingerprint density at radius 2 is 1.57 bits per heavy atom. The maximum Gasteiger partial charge on any atom is 0.256 e. The third-order valence-electron chi connectivity index (χ3n) is 6.02.